The number of hydrogen-bond donors (Lipinski definition) is 1. The van der Waals surface area contributed by atoms with E-state index in [4.69, 9.17) is 18.6 Å². The van der Waals surface area contributed by atoms with E-state index in [1.54, 1.807) is 38.1 Å². The number of fused-ring (bicyclic) bond motifs is 1. The van der Waals surface area contributed by atoms with E-state index in [2.05, 4.69) is 5.32 Å². The van der Waals surface area contributed by atoms with Gasteiger partial charge in [-0.1, -0.05) is 19.1 Å². The molecule has 1 aliphatic carbocycles. The molecular formula is C26H27NO8. The summed E-state index contributed by atoms with van der Waals surface area (Å²) >= 11 is 0. The lowest BCUT2D eigenvalue weighted by atomic mass is 9.69. The van der Waals surface area contributed by atoms with Crippen molar-refractivity contribution in [1.29, 1.82) is 0 Å². The van der Waals surface area contributed by atoms with Gasteiger partial charge in [0.15, 0.2) is 11.2 Å². The summed E-state index contributed by atoms with van der Waals surface area (Å²) in [7, 11) is 2.71. The van der Waals surface area contributed by atoms with Crippen molar-refractivity contribution < 1.29 is 33.0 Å². The fraction of sp³-hybridized carbons (Fsp3) is 0.385. The maximum Gasteiger partial charge on any atom is 0.336 e. The van der Waals surface area contributed by atoms with Crippen LogP contribution in [0.25, 0.3) is 11.0 Å². The van der Waals surface area contributed by atoms with Crippen molar-refractivity contribution in [1.82, 2.24) is 5.32 Å². The van der Waals surface area contributed by atoms with Crippen LogP contribution in [0, 0.1) is 11.8 Å². The first-order valence-corrected chi connectivity index (χ1v) is 11.3. The molecule has 0 fully saturated rings. The normalized spacial score (nSPS) is 22.1. The van der Waals surface area contributed by atoms with Gasteiger partial charge in [-0.05, 0) is 31.4 Å². The monoisotopic (exact) mass is 481 g/mol. The lowest BCUT2D eigenvalue weighted by Gasteiger charge is -2.37. The number of dihydropyridines is 1. The van der Waals surface area contributed by atoms with Gasteiger partial charge in [-0.2, -0.15) is 0 Å². The highest BCUT2D eigenvalue weighted by molar-refractivity contribution is 6.12. The molecule has 35 heavy (non-hydrogen) atoms. The first-order valence-electron chi connectivity index (χ1n) is 11.3. The van der Waals surface area contributed by atoms with Crippen LogP contribution in [-0.4, -0.2) is 45.2 Å². The molecule has 0 amide bonds. The third-order valence-electron chi connectivity index (χ3n) is 6.50. The average molecular weight is 482 g/mol. The van der Waals surface area contributed by atoms with Gasteiger partial charge in [-0.15, -0.1) is 0 Å². The number of rotatable bonds is 6. The number of nitrogens with one attached hydrogen (secondary N) is 1. The number of allylic oxidation sites excluding steroid dienone is 3. The molecule has 1 aliphatic heterocycles. The second kappa shape index (κ2) is 9.87. The number of para-hydroxylation sites is 1. The number of carbonyl (C=O) groups is 3. The minimum atomic E-state index is -1.07. The Morgan fingerprint density at radius 1 is 1.14 bits per heavy atom. The summed E-state index contributed by atoms with van der Waals surface area (Å²) in [5.74, 6) is -4.32. The van der Waals surface area contributed by atoms with Crippen molar-refractivity contribution in [3.63, 3.8) is 0 Å². The van der Waals surface area contributed by atoms with E-state index in [9.17, 15) is 19.2 Å². The van der Waals surface area contributed by atoms with Crippen molar-refractivity contribution >= 4 is 28.7 Å². The topological polar surface area (TPSA) is 121 Å². The molecule has 0 saturated carbocycles. The predicted molar refractivity (Wildman–Crippen MR) is 125 cm³/mol. The molecule has 0 spiro atoms. The molecule has 2 aromatic rings. The van der Waals surface area contributed by atoms with Crippen molar-refractivity contribution in [3.05, 3.63) is 68.9 Å². The summed E-state index contributed by atoms with van der Waals surface area (Å²) in [5.41, 5.74) is 1.42. The quantitative estimate of drug-likeness (QED) is 0.377. The summed E-state index contributed by atoms with van der Waals surface area (Å²) in [4.78, 5) is 53.1. The van der Waals surface area contributed by atoms with Gasteiger partial charge in [-0.25, -0.2) is 4.79 Å². The summed E-state index contributed by atoms with van der Waals surface area (Å²) in [6.07, 6.45) is 1.64. The molecule has 184 valence electrons. The van der Waals surface area contributed by atoms with Gasteiger partial charge < -0.3 is 23.9 Å². The Morgan fingerprint density at radius 2 is 1.89 bits per heavy atom. The maximum absolute atomic E-state index is 13.7. The molecule has 1 aromatic carbocycles. The predicted octanol–water partition coefficient (Wildman–Crippen LogP) is 2.60. The maximum atomic E-state index is 13.7. The van der Waals surface area contributed by atoms with Crippen molar-refractivity contribution in [2.24, 2.45) is 11.8 Å². The van der Waals surface area contributed by atoms with Crippen LogP contribution in [0.15, 0.2) is 62.3 Å². The zero-order chi connectivity index (χ0) is 25.3. The minimum Gasteiger partial charge on any atom is -0.468 e. The van der Waals surface area contributed by atoms with E-state index in [1.165, 1.54) is 20.5 Å². The molecule has 4 rings (SSSR count). The smallest absolute Gasteiger partial charge is 0.336 e. The largest absolute Gasteiger partial charge is 0.468 e. The van der Waals surface area contributed by atoms with Crippen LogP contribution in [-0.2, 0) is 28.6 Å². The Morgan fingerprint density at radius 3 is 2.60 bits per heavy atom. The fourth-order valence-corrected chi connectivity index (χ4v) is 4.85. The first kappa shape index (κ1) is 24.4. The Bertz CT molecular complexity index is 1320. The Labute approximate surface area is 201 Å². The van der Waals surface area contributed by atoms with Crippen molar-refractivity contribution in [3.8, 4) is 0 Å². The Hall–Kier alpha value is -3.72. The fourth-order valence-electron chi connectivity index (χ4n) is 4.85. The molecule has 1 aromatic heterocycles. The number of ketones is 1. The van der Waals surface area contributed by atoms with Crippen LogP contribution in [0.2, 0.25) is 0 Å². The summed E-state index contributed by atoms with van der Waals surface area (Å²) in [6, 6.07) is 6.73. The number of ether oxygens (including phenoxy) is 3. The van der Waals surface area contributed by atoms with Crippen LogP contribution in [0.4, 0.5) is 0 Å². The third kappa shape index (κ3) is 4.27. The van der Waals surface area contributed by atoms with Gasteiger partial charge in [0.1, 0.15) is 18.1 Å². The highest BCUT2D eigenvalue weighted by atomic mass is 16.6. The summed E-state index contributed by atoms with van der Waals surface area (Å²) in [6.45, 7) is 3.65. The molecule has 2 heterocycles. The van der Waals surface area contributed by atoms with Gasteiger partial charge in [-0.3, -0.25) is 14.4 Å². The number of carbonyl (C=O) groups excluding carboxylic acids is 3. The summed E-state index contributed by atoms with van der Waals surface area (Å²) < 4.78 is 21.0. The van der Waals surface area contributed by atoms with Crippen molar-refractivity contribution in [2.75, 3.05) is 27.4 Å². The molecule has 0 bridgehead atoms. The van der Waals surface area contributed by atoms with Gasteiger partial charge in [0.2, 0.25) is 0 Å². The van der Waals surface area contributed by atoms with E-state index in [0.717, 1.165) is 0 Å². The molecule has 0 unspecified atom stereocenters. The van der Waals surface area contributed by atoms with Gasteiger partial charge >= 0.3 is 11.9 Å². The van der Waals surface area contributed by atoms with Crippen LogP contribution in [0.3, 0.4) is 0 Å². The molecule has 3 atom stereocenters. The van der Waals surface area contributed by atoms with Crippen molar-refractivity contribution in [2.45, 2.75) is 26.2 Å². The van der Waals surface area contributed by atoms with Gasteiger partial charge in [0.25, 0.3) is 0 Å². The number of methoxy groups -OCH3 is 2. The Kier molecular flexibility index (Phi) is 6.88. The second-order valence-corrected chi connectivity index (χ2v) is 8.68. The standard InChI is InChI=1S/C26H27NO8/c1-13-11-17-22(24(29)19(13)25(30)33-4)21(20(14(2)27-17)26(31)34-10-9-32-3)16-12-35-18-8-6-5-7-15(18)23(16)28/h5-8,12-13,19,21,27H,9-11H2,1-4H3/t13-,19-,21+/m0/s1. The first-order chi connectivity index (χ1) is 16.8. The third-order valence-corrected chi connectivity index (χ3v) is 6.50. The molecule has 0 saturated heterocycles. The molecule has 9 heteroatoms. The van der Waals surface area contributed by atoms with E-state index in [-0.39, 0.29) is 41.3 Å². The highest BCUT2D eigenvalue weighted by Gasteiger charge is 2.48. The van der Waals surface area contributed by atoms with E-state index in [1.807, 2.05) is 0 Å². The summed E-state index contributed by atoms with van der Waals surface area (Å²) in [5, 5.41) is 3.47. The SMILES string of the molecule is COCCOC(=O)C1=C(C)NC2=C(C(=O)[C@@H](C(=O)OC)[C@@H](C)C2)[C@@H]1c1coc2ccccc2c1=O. The number of benzene rings is 1. The molecule has 2 aliphatic rings. The molecule has 9 nitrogen and oxygen atoms in total. The highest BCUT2D eigenvalue weighted by Crippen LogP contribution is 2.45. The number of esters is 2. The zero-order valence-corrected chi connectivity index (χ0v) is 20.0. The van der Waals surface area contributed by atoms with Crippen LogP contribution in [0.1, 0.15) is 31.7 Å². The van der Waals surface area contributed by atoms with Gasteiger partial charge in [0, 0.05) is 29.6 Å². The lowest BCUT2D eigenvalue weighted by Crippen LogP contribution is -2.44. The zero-order valence-electron chi connectivity index (χ0n) is 20.0. The van der Waals surface area contributed by atoms with Gasteiger partial charge in [0.05, 0.1) is 36.9 Å². The van der Waals surface area contributed by atoms with Crippen LogP contribution in [0.5, 0.6) is 0 Å². The van der Waals surface area contributed by atoms with E-state index < -0.39 is 29.6 Å². The van der Waals surface area contributed by atoms with E-state index >= 15 is 0 Å². The minimum absolute atomic E-state index is 0.00711. The molecule has 1 N–H and O–H groups in total. The second-order valence-electron chi connectivity index (χ2n) is 8.68. The molecule has 0 radical (unpaired) electrons. The van der Waals surface area contributed by atoms with Crippen LogP contribution < -0.4 is 10.7 Å². The number of hydrogen-bond acceptors (Lipinski definition) is 9. The number of Topliss-reactive ketones (excluding diaryl/α,β-unsaturated/α-hetero) is 1. The average Bonchev–Trinajstić information content (AvgIpc) is 2.83. The van der Waals surface area contributed by atoms with Crippen LogP contribution >= 0.6 is 0 Å². The lowest BCUT2D eigenvalue weighted by molar-refractivity contribution is -0.151. The van der Waals surface area contributed by atoms with E-state index in [0.29, 0.717) is 28.8 Å². The molecular weight excluding hydrogens is 454 g/mol. The Balaban J connectivity index is 1.92.